The molecular formula is C26H35N9O. The van der Waals surface area contributed by atoms with Crippen molar-refractivity contribution in [3.63, 3.8) is 0 Å². The minimum atomic E-state index is 0.249. The van der Waals surface area contributed by atoms with E-state index in [0.29, 0.717) is 24.3 Å². The third kappa shape index (κ3) is 4.03. The molecule has 0 atom stereocenters. The van der Waals surface area contributed by atoms with Crippen LogP contribution in [-0.2, 0) is 38.4 Å². The van der Waals surface area contributed by atoms with Gasteiger partial charge in [0.25, 0.3) is 0 Å². The van der Waals surface area contributed by atoms with Crippen LogP contribution < -0.4 is 5.32 Å². The monoisotopic (exact) mass is 489 g/mol. The fourth-order valence-electron chi connectivity index (χ4n) is 5.37. The summed E-state index contributed by atoms with van der Waals surface area (Å²) in [5.74, 6) is 1.66. The first-order chi connectivity index (χ1) is 17.3. The average Bonchev–Trinajstić information content (AvgIpc) is 3.74. The van der Waals surface area contributed by atoms with E-state index in [9.17, 15) is 4.79 Å². The average molecular weight is 490 g/mol. The van der Waals surface area contributed by atoms with Crippen molar-refractivity contribution >= 4 is 39.6 Å². The number of hydrogen-bond acceptors (Lipinski definition) is 6. The largest absolute Gasteiger partial charge is 0.336 e. The van der Waals surface area contributed by atoms with Crippen LogP contribution in [0.25, 0.3) is 22.1 Å². The third-order valence-corrected chi connectivity index (χ3v) is 7.31. The zero-order chi connectivity index (χ0) is 25.1. The molecule has 36 heavy (non-hydrogen) atoms. The number of carbonyl (C=O) groups excluding carboxylic acids is 1. The first-order valence-electron chi connectivity index (χ1n) is 12.9. The lowest BCUT2D eigenvalue weighted by Gasteiger charge is -2.22. The summed E-state index contributed by atoms with van der Waals surface area (Å²) in [6, 6.07) is 5.11. The summed E-state index contributed by atoms with van der Waals surface area (Å²) in [4.78, 5) is 27.4. The Morgan fingerprint density at radius 2 is 1.83 bits per heavy atom. The van der Waals surface area contributed by atoms with Crippen molar-refractivity contribution in [1.29, 1.82) is 0 Å². The molecule has 10 heteroatoms. The van der Waals surface area contributed by atoms with E-state index < -0.39 is 0 Å². The van der Waals surface area contributed by atoms with Gasteiger partial charge in [0.05, 0.1) is 24.0 Å². The molecule has 1 amide bonds. The van der Waals surface area contributed by atoms with Crippen LogP contribution in [0.4, 0.5) is 11.6 Å². The number of anilines is 2. The molecule has 0 bridgehead atoms. The lowest BCUT2D eigenvalue weighted by Crippen LogP contribution is -2.36. The Morgan fingerprint density at radius 1 is 1.11 bits per heavy atom. The Morgan fingerprint density at radius 3 is 2.47 bits per heavy atom. The molecule has 10 nitrogen and oxygen atoms in total. The van der Waals surface area contributed by atoms with E-state index in [1.54, 1.807) is 0 Å². The molecular weight excluding hydrogens is 454 g/mol. The normalized spacial score (nSPS) is 15.9. The van der Waals surface area contributed by atoms with Crippen molar-refractivity contribution in [2.24, 2.45) is 14.1 Å². The first-order valence-corrected chi connectivity index (χ1v) is 12.9. The highest BCUT2D eigenvalue weighted by molar-refractivity contribution is 6.07. The molecule has 4 aromatic rings. The second kappa shape index (κ2) is 8.62. The summed E-state index contributed by atoms with van der Waals surface area (Å²) in [7, 11) is 8.05. The maximum Gasteiger partial charge on any atom is 0.229 e. The summed E-state index contributed by atoms with van der Waals surface area (Å²) < 4.78 is 6.10. The predicted molar refractivity (Wildman–Crippen MR) is 140 cm³/mol. The molecule has 4 heterocycles. The Hall–Kier alpha value is -3.40. The molecule has 2 aliphatic rings. The Balaban J connectivity index is 1.39. The first kappa shape index (κ1) is 23.0. The van der Waals surface area contributed by atoms with Gasteiger partial charge in [-0.05, 0) is 52.8 Å². The van der Waals surface area contributed by atoms with E-state index in [0.717, 1.165) is 78.0 Å². The lowest BCUT2D eigenvalue weighted by molar-refractivity contribution is -0.131. The molecule has 0 aromatic carbocycles. The van der Waals surface area contributed by atoms with Gasteiger partial charge >= 0.3 is 0 Å². The molecule has 4 aromatic heterocycles. The van der Waals surface area contributed by atoms with Crippen LogP contribution in [0.3, 0.4) is 0 Å². The van der Waals surface area contributed by atoms with Crippen molar-refractivity contribution < 1.29 is 4.79 Å². The lowest BCUT2D eigenvalue weighted by atomic mass is 10.2. The van der Waals surface area contributed by atoms with Gasteiger partial charge in [0.1, 0.15) is 11.2 Å². The number of amides is 1. The Labute approximate surface area is 210 Å². The topological polar surface area (TPSA) is 89.0 Å². The number of nitrogens with one attached hydrogen (secondary N) is 1. The number of aromatic nitrogens is 6. The predicted octanol–water partition coefficient (Wildman–Crippen LogP) is 3.18. The van der Waals surface area contributed by atoms with Gasteiger partial charge in [0.2, 0.25) is 5.91 Å². The van der Waals surface area contributed by atoms with Crippen molar-refractivity contribution in [1.82, 2.24) is 38.7 Å². The standard InChI is InChI=1S/C26H35N9O/c1-6-34-18(13-22(36)35(16-7-8-16)17-9-10-17)11-20-24-23(27-15-32(24)4)25(29-26(20)34)28-21-12-19(14-31(2)3)33(5)30-21/h11-12,15-17H,6-10,13-14H2,1-5H3,(H,28,29,30). The minimum absolute atomic E-state index is 0.249. The van der Waals surface area contributed by atoms with Gasteiger partial charge in [-0.25, -0.2) is 9.97 Å². The second-order valence-electron chi connectivity index (χ2n) is 10.6. The van der Waals surface area contributed by atoms with Crippen LogP contribution in [-0.4, -0.2) is 70.8 Å². The number of carbonyl (C=O) groups is 1. The molecule has 0 aliphatic heterocycles. The quantitative estimate of drug-likeness (QED) is 0.389. The highest BCUT2D eigenvalue weighted by Gasteiger charge is 2.42. The van der Waals surface area contributed by atoms with E-state index in [2.05, 4.69) is 42.8 Å². The van der Waals surface area contributed by atoms with Gasteiger partial charge in [-0.15, -0.1) is 0 Å². The van der Waals surface area contributed by atoms with Crippen molar-refractivity contribution in [3.05, 3.63) is 29.8 Å². The number of fused-ring (bicyclic) bond motifs is 3. The molecule has 2 saturated carbocycles. The molecule has 0 unspecified atom stereocenters. The fourth-order valence-corrected chi connectivity index (χ4v) is 5.37. The van der Waals surface area contributed by atoms with Gasteiger partial charge in [-0.3, -0.25) is 9.48 Å². The molecule has 0 radical (unpaired) electrons. The molecule has 1 N–H and O–H groups in total. The molecule has 0 saturated heterocycles. The maximum absolute atomic E-state index is 13.4. The molecule has 190 valence electrons. The smallest absolute Gasteiger partial charge is 0.229 e. The summed E-state index contributed by atoms with van der Waals surface area (Å²) in [6.45, 7) is 3.65. The second-order valence-corrected chi connectivity index (χ2v) is 10.6. The zero-order valence-corrected chi connectivity index (χ0v) is 21.8. The van der Waals surface area contributed by atoms with E-state index in [4.69, 9.17) is 4.98 Å². The van der Waals surface area contributed by atoms with Crippen molar-refractivity contribution in [2.45, 2.75) is 64.2 Å². The van der Waals surface area contributed by atoms with E-state index in [1.807, 2.05) is 49.8 Å². The van der Waals surface area contributed by atoms with Gasteiger partial charge in [-0.1, -0.05) is 0 Å². The number of rotatable bonds is 9. The van der Waals surface area contributed by atoms with Gasteiger partial charge in [0, 0.05) is 56.4 Å². The summed E-state index contributed by atoms with van der Waals surface area (Å²) in [6.07, 6.45) is 6.82. The van der Waals surface area contributed by atoms with Crippen LogP contribution in [0.5, 0.6) is 0 Å². The van der Waals surface area contributed by atoms with Crippen molar-refractivity contribution in [3.8, 4) is 0 Å². The maximum atomic E-state index is 13.4. The molecule has 2 aliphatic carbocycles. The third-order valence-electron chi connectivity index (χ3n) is 7.31. The SMILES string of the molecule is CCn1c(CC(=O)N(C2CC2)C2CC2)cc2c3c(ncn3C)c(Nc3cc(CN(C)C)n(C)n3)nc21. The summed E-state index contributed by atoms with van der Waals surface area (Å²) in [5, 5.41) is 9.11. The Bertz CT molecular complexity index is 1440. The molecule has 0 spiro atoms. The van der Waals surface area contributed by atoms with Crippen LogP contribution in [0.1, 0.15) is 44.0 Å². The van der Waals surface area contributed by atoms with Gasteiger partial charge in [0.15, 0.2) is 11.6 Å². The van der Waals surface area contributed by atoms with Crippen LogP contribution >= 0.6 is 0 Å². The highest BCUT2D eigenvalue weighted by Crippen LogP contribution is 2.38. The van der Waals surface area contributed by atoms with Crippen LogP contribution in [0.2, 0.25) is 0 Å². The number of nitrogens with zero attached hydrogens (tertiary/aromatic N) is 8. The molecule has 2 fully saturated rings. The minimum Gasteiger partial charge on any atom is -0.336 e. The molecule has 6 rings (SSSR count). The van der Waals surface area contributed by atoms with Gasteiger partial charge < -0.3 is 24.3 Å². The number of aryl methyl sites for hydroxylation is 3. The number of imidazole rings is 1. The number of hydrogen-bond donors (Lipinski definition) is 1. The highest BCUT2D eigenvalue weighted by atomic mass is 16.2. The van der Waals surface area contributed by atoms with E-state index in [1.165, 1.54) is 0 Å². The summed E-state index contributed by atoms with van der Waals surface area (Å²) in [5.41, 5.74) is 4.80. The zero-order valence-electron chi connectivity index (χ0n) is 21.8. The Kier molecular flexibility index (Phi) is 5.51. The van der Waals surface area contributed by atoms with E-state index in [-0.39, 0.29) is 5.91 Å². The van der Waals surface area contributed by atoms with Crippen LogP contribution in [0, 0.1) is 0 Å². The summed E-state index contributed by atoms with van der Waals surface area (Å²) >= 11 is 0. The number of pyridine rings is 1. The van der Waals surface area contributed by atoms with Crippen LogP contribution in [0.15, 0.2) is 18.5 Å². The van der Waals surface area contributed by atoms with Crippen molar-refractivity contribution in [2.75, 3.05) is 19.4 Å². The van der Waals surface area contributed by atoms with E-state index >= 15 is 0 Å². The van der Waals surface area contributed by atoms with Gasteiger partial charge in [-0.2, -0.15) is 5.10 Å². The fraction of sp³-hybridized carbons (Fsp3) is 0.538.